The van der Waals surface area contributed by atoms with Crippen molar-refractivity contribution in [3.63, 3.8) is 0 Å². The van der Waals surface area contributed by atoms with Crippen molar-refractivity contribution in [2.24, 2.45) is 5.92 Å². The van der Waals surface area contributed by atoms with Crippen molar-refractivity contribution in [2.45, 2.75) is 83.8 Å². The molecular formula is C18H29ClO3Si. The summed E-state index contributed by atoms with van der Waals surface area (Å²) in [5, 5.41) is -0.108. The first kappa shape index (κ1) is 20.6. The predicted octanol–water partition coefficient (Wildman–Crippen LogP) is 4.85. The van der Waals surface area contributed by atoms with Gasteiger partial charge in [-0.15, -0.1) is 0 Å². The number of carbonyl (C=O) groups excluding carboxylic acids is 2. The highest BCUT2D eigenvalue weighted by molar-refractivity contribution is 6.63. The molecule has 0 saturated heterocycles. The Morgan fingerprint density at radius 2 is 2.00 bits per heavy atom. The van der Waals surface area contributed by atoms with Gasteiger partial charge < -0.3 is 4.43 Å². The maximum Gasteiger partial charge on any atom is 0.237 e. The molecule has 0 saturated carbocycles. The maximum absolute atomic E-state index is 12.0. The van der Waals surface area contributed by atoms with E-state index in [0.717, 1.165) is 37.7 Å². The van der Waals surface area contributed by atoms with Gasteiger partial charge in [-0.3, -0.25) is 9.59 Å². The molecule has 0 amide bonds. The number of hydrogen-bond acceptors (Lipinski definition) is 3. The summed E-state index contributed by atoms with van der Waals surface area (Å²) in [5.74, 6) is 0.791. The number of allylic oxidation sites excluding steroid dienone is 1. The van der Waals surface area contributed by atoms with Crippen LogP contribution in [0.5, 0.6) is 0 Å². The number of rotatable bonds is 11. The quantitative estimate of drug-likeness (QED) is 0.302. The second-order valence-electron chi connectivity index (χ2n) is 7.22. The van der Waals surface area contributed by atoms with Crippen molar-refractivity contribution in [2.75, 3.05) is 0 Å². The number of halogens is 1. The van der Waals surface area contributed by atoms with E-state index in [-0.39, 0.29) is 22.2 Å². The molecule has 1 aliphatic carbocycles. The van der Waals surface area contributed by atoms with E-state index in [4.69, 9.17) is 16.0 Å². The Balaban J connectivity index is 2.28. The van der Waals surface area contributed by atoms with Crippen molar-refractivity contribution in [1.82, 2.24) is 0 Å². The zero-order valence-corrected chi connectivity index (χ0v) is 16.5. The molecule has 0 spiro atoms. The van der Waals surface area contributed by atoms with Gasteiger partial charge in [0.15, 0.2) is 5.78 Å². The molecule has 0 heterocycles. The van der Waals surface area contributed by atoms with Crippen LogP contribution in [0.4, 0.5) is 0 Å². The molecule has 0 fully saturated rings. The fourth-order valence-electron chi connectivity index (χ4n) is 2.27. The monoisotopic (exact) mass is 356 g/mol. The van der Waals surface area contributed by atoms with Crippen LogP contribution in [0.1, 0.15) is 72.6 Å². The summed E-state index contributed by atoms with van der Waals surface area (Å²) in [6.07, 6.45) is 7.60. The number of Topliss-reactive ketones (excluding diaryl/α,β-unsaturated/α-hetero) is 1. The molecule has 0 N–H and O–H groups in total. The first-order chi connectivity index (χ1) is 10.7. The van der Waals surface area contributed by atoms with Crippen LogP contribution in [-0.2, 0) is 14.0 Å². The molecule has 0 aromatic rings. The average molecular weight is 357 g/mol. The predicted molar refractivity (Wildman–Crippen MR) is 95.8 cm³/mol. The normalized spacial score (nSPS) is 18.6. The lowest BCUT2D eigenvalue weighted by molar-refractivity contribution is -0.116. The molecular weight excluding hydrogens is 328 g/mol. The summed E-state index contributed by atoms with van der Waals surface area (Å²) in [7, 11) is 0.411. The minimum Gasteiger partial charge on any atom is -0.410 e. The summed E-state index contributed by atoms with van der Waals surface area (Å²) in [4.78, 5) is 22.7. The smallest absolute Gasteiger partial charge is 0.237 e. The molecule has 130 valence electrons. The zero-order valence-electron chi connectivity index (χ0n) is 14.8. The minimum atomic E-state index is -0.260. The van der Waals surface area contributed by atoms with Gasteiger partial charge in [0.1, 0.15) is 0 Å². The third-order valence-electron chi connectivity index (χ3n) is 4.62. The summed E-state index contributed by atoms with van der Waals surface area (Å²) in [6, 6.07) is 0. The highest BCUT2D eigenvalue weighted by Crippen LogP contribution is 2.34. The number of hydrogen-bond donors (Lipinski definition) is 0. The van der Waals surface area contributed by atoms with Gasteiger partial charge in [-0.1, -0.05) is 40.5 Å². The van der Waals surface area contributed by atoms with Crippen LogP contribution in [-0.4, -0.2) is 26.9 Å². The van der Waals surface area contributed by atoms with E-state index in [1.807, 2.05) is 6.08 Å². The molecule has 0 bridgehead atoms. The molecule has 1 unspecified atom stereocenters. The van der Waals surface area contributed by atoms with Gasteiger partial charge in [-0.2, -0.15) is 0 Å². The van der Waals surface area contributed by atoms with Gasteiger partial charge in [-0.05, 0) is 53.5 Å². The molecule has 0 aromatic carbocycles. The fourth-order valence-corrected chi connectivity index (χ4v) is 3.24. The van der Waals surface area contributed by atoms with Crippen LogP contribution in [0, 0.1) is 5.92 Å². The number of unbranched alkanes of at least 4 members (excludes halogenated alkanes) is 3. The Morgan fingerprint density at radius 1 is 1.35 bits per heavy atom. The van der Waals surface area contributed by atoms with Crippen molar-refractivity contribution in [1.29, 1.82) is 0 Å². The summed E-state index contributed by atoms with van der Waals surface area (Å²) in [5.41, 5.74) is 0.926. The Morgan fingerprint density at radius 3 is 2.61 bits per heavy atom. The van der Waals surface area contributed by atoms with Crippen molar-refractivity contribution in [3.8, 4) is 0 Å². The highest BCUT2D eigenvalue weighted by Gasteiger charge is 2.29. The first-order valence-electron chi connectivity index (χ1n) is 8.57. The summed E-state index contributed by atoms with van der Waals surface area (Å²) < 4.78 is 5.98. The first-order valence-corrected chi connectivity index (χ1v) is 9.86. The molecule has 1 atom stereocenters. The Bertz CT molecular complexity index is 444. The lowest BCUT2D eigenvalue weighted by Crippen LogP contribution is -2.25. The van der Waals surface area contributed by atoms with E-state index >= 15 is 0 Å². The van der Waals surface area contributed by atoms with E-state index < -0.39 is 0 Å². The minimum absolute atomic E-state index is 0.0391. The third kappa shape index (κ3) is 7.77. The molecule has 0 aliphatic heterocycles. The highest BCUT2D eigenvalue weighted by atomic mass is 35.5. The SMILES string of the molecule is CC(C)C(C)(C)[Si]OC1C=C(CCCCCCC(=O)Cl)C(=O)C1. The van der Waals surface area contributed by atoms with Crippen LogP contribution in [0.15, 0.2) is 11.6 Å². The van der Waals surface area contributed by atoms with Gasteiger partial charge in [-0.25, -0.2) is 0 Å². The Kier molecular flexibility index (Phi) is 8.73. The van der Waals surface area contributed by atoms with Crippen LogP contribution in [0.3, 0.4) is 0 Å². The summed E-state index contributed by atoms with van der Waals surface area (Å²) in [6.45, 7) is 8.83. The molecule has 1 rings (SSSR count). The Labute approximate surface area is 148 Å². The second-order valence-corrected chi connectivity index (χ2v) is 9.37. The van der Waals surface area contributed by atoms with Crippen LogP contribution < -0.4 is 0 Å². The summed E-state index contributed by atoms with van der Waals surface area (Å²) >= 11 is 5.30. The van der Waals surface area contributed by atoms with E-state index in [0.29, 0.717) is 28.5 Å². The van der Waals surface area contributed by atoms with E-state index in [1.165, 1.54) is 0 Å². The molecule has 2 radical (unpaired) electrons. The molecule has 5 heteroatoms. The van der Waals surface area contributed by atoms with Crippen LogP contribution in [0.25, 0.3) is 0 Å². The molecule has 3 nitrogen and oxygen atoms in total. The second kappa shape index (κ2) is 9.75. The van der Waals surface area contributed by atoms with Gasteiger partial charge >= 0.3 is 0 Å². The van der Waals surface area contributed by atoms with Crippen molar-refractivity contribution >= 4 is 32.4 Å². The average Bonchev–Trinajstić information content (AvgIpc) is 2.80. The third-order valence-corrected chi connectivity index (χ3v) is 6.33. The molecule has 1 aliphatic rings. The molecule has 0 aromatic heterocycles. The van der Waals surface area contributed by atoms with Gasteiger partial charge in [0.25, 0.3) is 0 Å². The molecule has 23 heavy (non-hydrogen) atoms. The van der Waals surface area contributed by atoms with E-state index in [1.54, 1.807) is 0 Å². The van der Waals surface area contributed by atoms with Gasteiger partial charge in [0.05, 0.1) is 6.10 Å². The van der Waals surface area contributed by atoms with Crippen molar-refractivity contribution < 1.29 is 14.0 Å². The topological polar surface area (TPSA) is 43.4 Å². The van der Waals surface area contributed by atoms with Gasteiger partial charge in [0, 0.05) is 12.8 Å². The van der Waals surface area contributed by atoms with E-state index in [2.05, 4.69) is 27.7 Å². The zero-order chi connectivity index (χ0) is 17.5. The number of carbonyl (C=O) groups is 2. The lowest BCUT2D eigenvalue weighted by atomic mass is 9.99. The number of ketones is 1. The fraction of sp³-hybridized carbons (Fsp3) is 0.778. The maximum atomic E-state index is 12.0. The van der Waals surface area contributed by atoms with Crippen LogP contribution >= 0.6 is 11.6 Å². The van der Waals surface area contributed by atoms with E-state index in [9.17, 15) is 9.59 Å². The Hall–Kier alpha value is -0.453. The standard InChI is InChI=1S/C18H29ClO3Si/c1-13(2)18(3,4)23-22-15-11-14(16(20)12-15)9-7-5-6-8-10-17(19)21/h11,13,15H,5-10,12H2,1-4H3. The van der Waals surface area contributed by atoms with Gasteiger partial charge in [0.2, 0.25) is 15.0 Å². The lowest BCUT2D eigenvalue weighted by Gasteiger charge is -2.28. The van der Waals surface area contributed by atoms with Crippen molar-refractivity contribution in [3.05, 3.63) is 11.6 Å². The van der Waals surface area contributed by atoms with Crippen LogP contribution in [0.2, 0.25) is 5.04 Å². The largest absolute Gasteiger partial charge is 0.410 e.